The summed E-state index contributed by atoms with van der Waals surface area (Å²) >= 11 is 1.36. The van der Waals surface area contributed by atoms with Gasteiger partial charge in [0.1, 0.15) is 12.2 Å². The van der Waals surface area contributed by atoms with Crippen molar-refractivity contribution in [2.24, 2.45) is 0 Å². The Kier molecular flexibility index (Phi) is 4.57. The lowest BCUT2D eigenvalue weighted by Crippen LogP contribution is -2.21. The molecule has 0 aliphatic carbocycles. The second-order valence-electron chi connectivity index (χ2n) is 7.31. The third kappa shape index (κ3) is 3.38. The molecule has 6 rings (SSSR count). The molecular weight excluding hydrogens is 428 g/mol. The molecule has 3 heterocycles. The molecule has 0 N–H and O–H groups in total. The summed E-state index contributed by atoms with van der Waals surface area (Å²) in [5.41, 5.74) is 1.02. The molecule has 0 spiro atoms. The molecule has 3 aromatic carbocycles. The quantitative estimate of drug-likeness (QED) is 0.214. The average molecular weight is 444 g/mol. The summed E-state index contributed by atoms with van der Waals surface area (Å²) in [4.78, 5) is 12.1. The van der Waals surface area contributed by atoms with E-state index >= 15 is 0 Å². The maximum atomic E-state index is 12.1. The van der Waals surface area contributed by atoms with Crippen LogP contribution in [-0.4, -0.2) is 16.8 Å². The highest BCUT2D eigenvalue weighted by Gasteiger charge is 2.27. The molecule has 0 fully saturated rings. The second-order valence-corrected chi connectivity index (χ2v) is 8.24. The van der Waals surface area contributed by atoms with Gasteiger partial charge in [0.2, 0.25) is 6.10 Å². The van der Waals surface area contributed by atoms with E-state index in [0.29, 0.717) is 40.6 Å². The molecule has 1 atom stereocenters. The highest BCUT2D eigenvalue weighted by atomic mass is 32.2. The van der Waals surface area contributed by atoms with E-state index in [4.69, 9.17) is 18.3 Å². The molecule has 32 heavy (non-hydrogen) atoms. The predicted molar refractivity (Wildman–Crippen MR) is 119 cm³/mol. The van der Waals surface area contributed by atoms with E-state index in [1.807, 2.05) is 60.7 Å². The van der Waals surface area contributed by atoms with Crippen LogP contribution in [0.25, 0.3) is 21.7 Å². The van der Waals surface area contributed by atoms with E-state index in [1.165, 1.54) is 17.8 Å². The van der Waals surface area contributed by atoms with Crippen LogP contribution in [0.5, 0.6) is 11.5 Å². The number of aromatic nitrogens is 2. The van der Waals surface area contributed by atoms with Gasteiger partial charge in [-0.15, -0.1) is 10.2 Å². The molecule has 0 unspecified atom stereocenters. The van der Waals surface area contributed by atoms with E-state index in [1.54, 1.807) is 0 Å². The van der Waals surface area contributed by atoms with Crippen molar-refractivity contribution < 1.29 is 18.3 Å². The zero-order valence-corrected chi connectivity index (χ0v) is 17.5. The van der Waals surface area contributed by atoms with Gasteiger partial charge in [0.15, 0.2) is 11.5 Å². The van der Waals surface area contributed by atoms with Gasteiger partial charge in [-0.05, 0) is 34.5 Å². The van der Waals surface area contributed by atoms with Gasteiger partial charge in [-0.1, -0.05) is 54.2 Å². The number of thioether (sulfide) groups is 1. The van der Waals surface area contributed by atoms with Crippen molar-refractivity contribution in [3.8, 4) is 11.5 Å². The van der Waals surface area contributed by atoms with Crippen molar-refractivity contribution >= 4 is 33.5 Å². The fraction of sp³-hybridized carbons (Fsp3) is 0.125. The number of fused-ring (bicyclic) bond motifs is 4. The Morgan fingerprint density at radius 3 is 2.72 bits per heavy atom. The standard InChI is InChI=1S/C24H16N2O5S/c27-21-11-15(22-16-6-2-1-5-14(16)9-10-19(22)30-21)13-32-24-26-25-23(31-24)20-12-28-17-7-3-4-8-18(17)29-20/h1-11,20H,12-13H2/t20-/m0/s1. The van der Waals surface area contributed by atoms with Gasteiger partial charge in [0.25, 0.3) is 11.1 Å². The Morgan fingerprint density at radius 1 is 0.938 bits per heavy atom. The van der Waals surface area contributed by atoms with Gasteiger partial charge in [-0.3, -0.25) is 0 Å². The van der Waals surface area contributed by atoms with Gasteiger partial charge in [0, 0.05) is 17.2 Å². The van der Waals surface area contributed by atoms with Crippen molar-refractivity contribution in [1.82, 2.24) is 10.2 Å². The van der Waals surface area contributed by atoms with Crippen molar-refractivity contribution in [3.05, 3.63) is 88.6 Å². The van der Waals surface area contributed by atoms with E-state index < -0.39 is 6.10 Å². The lowest BCUT2D eigenvalue weighted by Gasteiger charge is -2.23. The van der Waals surface area contributed by atoms with Gasteiger partial charge < -0.3 is 18.3 Å². The molecule has 0 radical (unpaired) electrons. The van der Waals surface area contributed by atoms with Crippen LogP contribution in [0.3, 0.4) is 0 Å². The topological polar surface area (TPSA) is 87.6 Å². The number of rotatable bonds is 4. The zero-order valence-electron chi connectivity index (χ0n) is 16.7. The van der Waals surface area contributed by atoms with Gasteiger partial charge in [0.05, 0.1) is 0 Å². The Balaban J connectivity index is 1.27. The molecule has 158 valence electrons. The van der Waals surface area contributed by atoms with Gasteiger partial charge in [-0.2, -0.15) is 0 Å². The van der Waals surface area contributed by atoms with Crippen LogP contribution >= 0.6 is 11.8 Å². The number of benzene rings is 3. The minimum absolute atomic E-state index is 0.291. The lowest BCUT2D eigenvalue weighted by molar-refractivity contribution is 0.0686. The summed E-state index contributed by atoms with van der Waals surface area (Å²) in [6, 6.07) is 20.8. The predicted octanol–water partition coefficient (Wildman–Crippen LogP) is 5.13. The van der Waals surface area contributed by atoms with Crippen LogP contribution < -0.4 is 15.1 Å². The first-order valence-electron chi connectivity index (χ1n) is 10.0. The first-order valence-corrected chi connectivity index (χ1v) is 11.0. The van der Waals surface area contributed by atoms with Crippen LogP contribution in [0, 0.1) is 0 Å². The normalized spacial score (nSPS) is 15.3. The monoisotopic (exact) mass is 444 g/mol. The number of nitrogens with zero attached hydrogens (tertiary/aromatic N) is 2. The molecule has 7 nitrogen and oxygen atoms in total. The van der Waals surface area contributed by atoms with Crippen molar-refractivity contribution in [1.29, 1.82) is 0 Å². The highest BCUT2D eigenvalue weighted by Crippen LogP contribution is 2.36. The third-order valence-electron chi connectivity index (χ3n) is 5.27. The molecule has 8 heteroatoms. The minimum atomic E-state index is -0.472. The summed E-state index contributed by atoms with van der Waals surface area (Å²) in [6.07, 6.45) is -0.472. The first kappa shape index (κ1) is 18.9. The summed E-state index contributed by atoms with van der Waals surface area (Å²) in [5.74, 6) is 2.16. The average Bonchev–Trinajstić information content (AvgIpc) is 3.31. The smallest absolute Gasteiger partial charge is 0.336 e. The molecular formula is C24H16N2O5S. The molecule has 0 saturated carbocycles. The number of ether oxygens (including phenoxy) is 2. The summed E-state index contributed by atoms with van der Waals surface area (Å²) in [6.45, 7) is 0.291. The maximum Gasteiger partial charge on any atom is 0.336 e. The van der Waals surface area contributed by atoms with Crippen molar-refractivity contribution in [2.45, 2.75) is 17.1 Å². The molecule has 0 bridgehead atoms. The Bertz CT molecular complexity index is 1510. The highest BCUT2D eigenvalue weighted by molar-refractivity contribution is 7.98. The summed E-state index contributed by atoms with van der Waals surface area (Å²) in [5, 5.41) is 11.7. The number of para-hydroxylation sites is 2. The Morgan fingerprint density at radius 2 is 1.78 bits per heavy atom. The Hall–Kier alpha value is -3.78. The Labute approximate surface area is 186 Å². The molecule has 1 aliphatic rings. The summed E-state index contributed by atoms with van der Waals surface area (Å²) in [7, 11) is 0. The van der Waals surface area contributed by atoms with Gasteiger partial charge >= 0.3 is 5.63 Å². The van der Waals surface area contributed by atoms with Crippen LogP contribution in [0.15, 0.2) is 85.6 Å². The second kappa shape index (κ2) is 7.72. The van der Waals surface area contributed by atoms with E-state index in [0.717, 1.165) is 21.7 Å². The molecule has 0 amide bonds. The fourth-order valence-electron chi connectivity index (χ4n) is 3.82. The van der Waals surface area contributed by atoms with Crippen LogP contribution in [-0.2, 0) is 5.75 Å². The maximum absolute atomic E-state index is 12.1. The van der Waals surface area contributed by atoms with Gasteiger partial charge in [-0.25, -0.2) is 4.79 Å². The molecule has 5 aromatic rings. The zero-order chi connectivity index (χ0) is 21.5. The lowest BCUT2D eigenvalue weighted by atomic mass is 10.0. The minimum Gasteiger partial charge on any atom is -0.485 e. The van der Waals surface area contributed by atoms with Crippen molar-refractivity contribution in [3.63, 3.8) is 0 Å². The molecule has 1 aliphatic heterocycles. The first-order chi connectivity index (χ1) is 15.7. The molecule has 2 aromatic heterocycles. The fourth-order valence-corrected chi connectivity index (χ4v) is 4.57. The molecule has 0 saturated heterocycles. The summed E-state index contributed by atoms with van der Waals surface area (Å²) < 4.78 is 22.9. The number of hydrogen-bond donors (Lipinski definition) is 0. The van der Waals surface area contributed by atoms with Crippen LogP contribution in [0.4, 0.5) is 0 Å². The van der Waals surface area contributed by atoms with E-state index in [9.17, 15) is 4.79 Å². The largest absolute Gasteiger partial charge is 0.485 e. The number of hydrogen-bond acceptors (Lipinski definition) is 8. The van der Waals surface area contributed by atoms with Crippen LogP contribution in [0.1, 0.15) is 17.6 Å². The van der Waals surface area contributed by atoms with Crippen LogP contribution in [0.2, 0.25) is 0 Å². The SMILES string of the molecule is O=c1cc(CSc2nnc([C@@H]3COc4ccccc4O3)o2)c2c(ccc3ccccc32)o1. The van der Waals surface area contributed by atoms with E-state index in [2.05, 4.69) is 10.2 Å². The van der Waals surface area contributed by atoms with E-state index in [-0.39, 0.29) is 5.63 Å². The van der Waals surface area contributed by atoms with Crippen molar-refractivity contribution in [2.75, 3.05) is 6.61 Å². The third-order valence-corrected chi connectivity index (χ3v) is 6.14.